The highest BCUT2D eigenvalue weighted by molar-refractivity contribution is 5.96. The first-order chi connectivity index (χ1) is 14.6. The van der Waals surface area contributed by atoms with Gasteiger partial charge in [0, 0.05) is 17.1 Å². The molecule has 1 saturated carbocycles. The Labute approximate surface area is 176 Å². The molecule has 0 aromatic heterocycles. The van der Waals surface area contributed by atoms with Gasteiger partial charge in [-0.2, -0.15) is 0 Å². The molecule has 1 aliphatic rings. The van der Waals surface area contributed by atoms with Crippen molar-refractivity contribution in [3.63, 3.8) is 0 Å². The summed E-state index contributed by atoms with van der Waals surface area (Å²) in [4.78, 5) is 12.6. The maximum Gasteiger partial charge on any atom is 0.228 e. The number of carbonyl (C=O) groups excluding carboxylic acids is 1. The smallest absolute Gasteiger partial charge is 0.228 e. The van der Waals surface area contributed by atoms with Gasteiger partial charge >= 0.3 is 0 Å². The van der Waals surface area contributed by atoms with Crippen molar-refractivity contribution in [2.75, 3.05) is 5.32 Å². The Morgan fingerprint density at radius 1 is 0.867 bits per heavy atom. The predicted octanol–water partition coefficient (Wildman–Crippen LogP) is 5.36. The molecule has 0 heterocycles. The molecule has 0 bridgehead atoms. The third-order valence-electron chi connectivity index (χ3n) is 6.14. The number of hydrogen-bond donors (Lipinski definition) is 2. The van der Waals surface area contributed by atoms with Gasteiger partial charge in [0.25, 0.3) is 0 Å². The van der Waals surface area contributed by atoms with Crippen molar-refractivity contribution in [1.82, 2.24) is 0 Å². The molecule has 1 fully saturated rings. The van der Waals surface area contributed by atoms with Crippen LogP contribution < -0.4 is 11.1 Å². The fourth-order valence-electron chi connectivity index (χ4n) is 4.39. The summed E-state index contributed by atoms with van der Waals surface area (Å²) in [7, 11) is 0. The molecule has 3 heteroatoms. The van der Waals surface area contributed by atoms with Crippen LogP contribution in [0.1, 0.15) is 29.0 Å². The Balaban J connectivity index is 1.26. The normalized spacial score (nSPS) is 20.1. The number of benzene rings is 4. The number of amides is 1. The van der Waals surface area contributed by atoms with E-state index in [2.05, 4.69) is 47.8 Å². The van der Waals surface area contributed by atoms with E-state index in [9.17, 15) is 4.79 Å². The lowest BCUT2D eigenvalue weighted by Crippen LogP contribution is -2.21. The van der Waals surface area contributed by atoms with E-state index in [0.29, 0.717) is 12.3 Å². The summed E-state index contributed by atoms with van der Waals surface area (Å²) in [6.45, 7) is 0. The Morgan fingerprint density at radius 3 is 2.37 bits per heavy atom. The van der Waals surface area contributed by atoms with Crippen molar-refractivity contribution in [3.8, 4) is 0 Å². The largest absolute Gasteiger partial charge is 0.326 e. The summed E-state index contributed by atoms with van der Waals surface area (Å²) in [5, 5.41) is 5.30. The number of nitrogens with one attached hydrogen (secondary N) is 1. The minimum absolute atomic E-state index is 0.0111. The zero-order valence-electron chi connectivity index (χ0n) is 16.7. The summed E-state index contributed by atoms with van der Waals surface area (Å²) < 4.78 is 0. The van der Waals surface area contributed by atoms with Gasteiger partial charge in [-0.25, -0.2) is 0 Å². The van der Waals surface area contributed by atoms with Crippen LogP contribution in [-0.2, 0) is 16.8 Å². The Hall–Kier alpha value is -3.43. The van der Waals surface area contributed by atoms with E-state index in [1.165, 1.54) is 11.1 Å². The molecule has 1 amide bonds. The second kappa shape index (κ2) is 7.43. The summed E-state index contributed by atoms with van der Waals surface area (Å²) in [5.41, 5.74) is 10.6. The van der Waals surface area contributed by atoms with Gasteiger partial charge in [0.1, 0.15) is 0 Å². The van der Waals surface area contributed by atoms with Crippen LogP contribution in [0.5, 0.6) is 0 Å². The molecule has 3 N–H and O–H groups in total. The molecule has 30 heavy (non-hydrogen) atoms. The Morgan fingerprint density at radius 2 is 1.57 bits per heavy atom. The van der Waals surface area contributed by atoms with Crippen LogP contribution in [-0.4, -0.2) is 5.91 Å². The first-order valence-corrected chi connectivity index (χ1v) is 10.3. The molecule has 148 valence electrons. The van der Waals surface area contributed by atoms with Crippen LogP contribution in [0.25, 0.3) is 10.8 Å². The quantitative estimate of drug-likeness (QED) is 0.480. The van der Waals surface area contributed by atoms with Crippen molar-refractivity contribution in [3.05, 3.63) is 114 Å². The molecule has 0 unspecified atom stereocenters. The fourth-order valence-corrected chi connectivity index (χ4v) is 4.39. The molecular formula is C27H24N2O. The number of nitrogens with two attached hydrogens (primary N) is 1. The minimum Gasteiger partial charge on any atom is -0.326 e. The van der Waals surface area contributed by atoms with E-state index in [1.54, 1.807) is 0 Å². The van der Waals surface area contributed by atoms with Crippen molar-refractivity contribution in [2.45, 2.75) is 24.3 Å². The molecule has 0 aliphatic heterocycles. The van der Waals surface area contributed by atoms with Crippen LogP contribution in [0.3, 0.4) is 0 Å². The molecule has 3 nitrogen and oxygen atoms in total. The number of hydrogen-bond acceptors (Lipinski definition) is 2. The highest BCUT2D eigenvalue weighted by atomic mass is 16.1. The van der Waals surface area contributed by atoms with Crippen molar-refractivity contribution in [2.24, 2.45) is 5.73 Å². The van der Waals surface area contributed by atoms with Crippen LogP contribution in [0.4, 0.5) is 5.69 Å². The lowest BCUT2D eigenvalue weighted by molar-refractivity contribution is -0.115. The van der Waals surface area contributed by atoms with Crippen LogP contribution in [0.2, 0.25) is 0 Å². The van der Waals surface area contributed by atoms with E-state index in [0.717, 1.165) is 28.4 Å². The molecule has 0 saturated heterocycles. The van der Waals surface area contributed by atoms with E-state index in [-0.39, 0.29) is 11.4 Å². The second-order valence-corrected chi connectivity index (χ2v) is 8.15. The van der Waals surface area contributed by atoms with Gasteiger partial charge in [-0.3, -0.25) is 4.79 Å². The van der Waals surface area contributed by atoms with Crippen LogP contribution in [0.15, 0.2) is 97.1 Å². The average molecular weight is 393 g/mol. The van der Waals surface area contributed by atoms with Crippen molar-refractivity contribution >= 4 is 22.4 Å². The summed E-state index contributed by atoms with van der Waals surface area (Å²) in [6, 6.07) is 32.6. The maximum atomic E-state index is 12.6. The van der Waals surface area contributed by atoms with Gasteiger partial charge in [-0.15, -0.1) is 0 Å². The number of rotatable bonds is 5. The molecule has 4 aromatic rings. The molecule has 1 aliphatic carbocycles. The molecule has 2 atom stereocenters. The molecule has 0 radical (unpaired) electrons. The van der Waals surface area contributed by atoms with Gasteiger partial charge in [0.05, 0.1) is 6.42 Å². The van der Waals surface area contributed by atoms with Crippen LogP contribution in [0, 0.1) is 0 Å². The maximum absolute atomic E-state index is 12.6. The SMILES string of the molecule is N[C@]1(c2ccccc2)C[C@H]1c1ccc(NC(=O)Cc2cccc3ccccc23)cc1. The number of carbonyl (C=O) groups is 1. The topological polar surface area (TPSA) is 55.1 Å². The lowest BCUT2D eigenvalue weighted by atomic mass is 9.99. The van der Waals surface area contributed by atoms with Crippen molar-refractivity contribution < 1.29 is 4.79 Å². The average Bonchev–Trinajstić information content (AvgIpc) is 3.48. The highest BCUT2D eigenvalue weighted by Crippen LogP contribution is 2.56. The second-order valence-electron chi connectivity index (χ2n) is 8.15. The Bertz CT molecular complexity index is 1200. The third kappa shape index (κ3) is 3.49. The van der Waals surface area contributed by atoms with E-state index in [4.69, 9.17) is 5.73 Å². The number of fused-ring (bicyclic) bond motifs is 1. The zero-order valence-corrected chi connectivity index (χ0v) is 16.7. The molecular weight excluding hydrogens is 368 g/mol. The van der Waals surface area contributed by atoms with Crippen LogP contribution >= 0.6 is 0 Å². The van der Waals surface area contributed by atoms with E-state index in [1.807, 2.05) is 54.6 Å². The first-order valence-electron chi connectivity index (χ1n) is 10.3. The van der Waals surface area contributed by atoms with Gasteiger partial charge < -0.3 is 11.1 Å². The highest BCUT2D eigenvalue weighted by Gasteiger charge is 2.52. The first kappa shape index (κ1) is 18.6. The lowest BCUT2D eigenvalue weighted by Gasteiger charge is -2.13. The molecule has 0 spiro atoms. The zero-order chi connectivity index (χ0) is 20.6. The minimum atomic E-state index is -0.277. The standard InChI is InChI=1S/C27H24N2O/c28-27(22-10-2-1-3-11-22)18-25(27)20-13-15-23(16-14-20)29-26(30)17-21-9-6-8-19-7-4-5-12-24(19)21/h1-16,25H,17-18,28H2,(H,29,30)/t25-,27-/m0/s1. The summed E-state index contributed by atoms with van der Waals surface area (Å²) in [5.74, 6) is 0.309. The van der Waals surface area contributed by atoms with E-state index >= 15 is 0 Å². The number of anilines is 1. The monoisotopic (exact) mass is 392 g/mol. The summed E-state index contributed by atoms with van der Waals surface area (Å²) >= 11 is 0. The van der Waals surface area contributed by atoms with E-state index < -0.39 is 0 Å². The predicted molar refractivity (Wildman–Crippen MR) is 122 cm³/mol. The molecule has 4 aromatic carbocycles. The van der Waals surface area contributed by atoms with Crippen molar-refractivity contribution in [1.29, 1.82) is 0 Å². The molecule has 5 rings (SSSR count). The van der Waals surface area contributed by atoms with Gasteiger partial charge in [0.2, 0.25) is 5.91 Å². The van der Waals surface area contributed by atoms with Gasteiger partial charge in [0.15, 0.2) is 0 Å². The third-order valence-corrected chi connectivity index (χ3v) is 6.14. The van der Waals surface area contributed by atoms with Gasteiger partial charge in [-0.05, 0) is 46.0 Å². The van der Waals surface area contributed by atoms with Gasteiger partial charge in [-0.1, -0.05) is 84.9 Å². The fraction of sp³-hybridized carbons (Fsp3) is 0.148. The Kier molecular flexibility index (Phi) is 4.61. The summed E-state index contributed by atoms with van der Waals surface area (Å²) in [6.07, 6.45) is 1.30.